The third kappa shape index (κ3) is 6.66. The Hall–Kier alpha value is -0.830. The molecule has 0 amide bonds. The van der Waals surface area contributed by atoms with E-state index in [1.165, 1.54) is 5.56 Å². The summed E-state index contributed by atoms with van der Waals surface area (Å²) in [7, 11) is 3.44. The molecule has 0 fully saturated rings. The molecule has 1 aromatic carbocycles. The second-order valence-corrected chi connectivity index (χ2v) is 5.93. The van der Waals surface area contributed by atoms with Gasteiger partial charge in [-0.05, 0) is 40.1 Å². The number of nitrogens with zero attached hydrogens (tertiary/aromatic N) is 1. The Bertz CT molecular complexity index is 607. The highest BCUT2D eigenvalue weighted by atomic mass is 127. The van der Waals surface area contributed by atoms with Gasteiger partial charge in [-0.25, -0.2) is 0 Å². The summed E-state index contributed by atoms with van der Waals surface area (Å²) >= 11 is 7.72. The molecule has 0 aliphatic carbocycles. The van der Waals surface area contributed by atoms with Crippen molar-refractivity contribution in [1.82, 2.24) is 10.6 Å². The van der Waals surface area contributed by atoms with Crippen molar-refractivity contribution in [1.29, 1.82) is 0 Å². The van der Waals surface area contributed by atoms with Crippen molar-refractivity contribution in [3.05, 3.63) is 57.2 Å². The lowest BCUT2D eigenvalue weighted by Gasteiger charge is -2.19. The number of nitrogens with one attached hydrogen (secondary N) is 2. The van der Waals surface area contributed by atoms with E-state index >= 15 is 0 Å². The third-order valence-corrected chi connectivity index (χ3v) is 4.19. The van der Waals surface area contributed by atoms with E-state index < -0.39 is 0 Å². The van der Waals surface area contributed by atoms with Gasteiger partial charge in [-0.15, -0.1) is 24.0 Å². The SMILES string of the molecule is CN=C(NCc1ccsc1)NCC(OC)c1cccc(Cl)c1.I. The summed E-state index contributed by atoms with van der Waals surface area (Å²) < 4.78 is 5.53. The molecule has 1 heterocycles. The normalized spacial score (nSPS) is 12.4. The Labute approximate surface area is 163 Å². The van der Waals surface area contributed by atoms with Crippen LogP contribution in [0.25, 0.3) is 0 Å². The van der Waals surface area contributed by atoms with Gasteiger partial charge in [-0.3, -0.25) is 4.99 Å². The molecule has 4 nitrogen and oxygen atoms in total. The number of thiophene rings is 1. The maximum absolute atomic E-state index is 6.03. The summed E-state index contributed by atoms with van der Waals surface area (Å²) in [5, 5.41) is 11.4. The molecule has 2 N–H and O–H groups in total. The molecular formula is C16H21ClIN3OS. The fourth-order valence-electron chi connectivity index (χ4n) is 2.03. The summed E-state index contributed by atoms with van der Waals surface area (Å²) in [4.78, 5) is 4.22. The van der Waals surface area contributed by atoms with E-state index in [1.807, 2.05) is 24.3 Å². The van der Waals surface area contributed by atoms with Crippen LogP contribution in [-0.4, -0.2) is 26.7 Å². The maximum atomic E-state index is 6.03. The highest BCUT2D eigenvalue weighted by Gasteiger charge is 2.11. The molecule has 0 saturated heterocycles. The van der Waals surface area contributed by atoms with E-state index in [0.29, 0.717) is 11.6 Å². The average Bonchev–Trinajstić information content (AvgIpc) is 3.04. The van der Waals surface area contributed by atoms with E-state index in [0.717, 1.165) is 18.1 Å². The standard InChI is InChI=1S/C16H20ClN3OS.HI/c1-18-16(19-9-12-6-7-22-11-12)20-10-15(21-2)13-4-3-5-14(17)8-13;/h3-8,11,15H,9-10H2,1-2H3,(H2,18,19,20);1H. The lowest BCUT2D eigenvalue weighted by molar-refractivity contribution is 0.106. The Kier molecular flexibility index (Phi) is 9.54. The van der Waals surface area contributed by atoms with Crippen LogP contribution in [0.3, 0.4) is 0 Å². The van der Waals surface area contributed by atoms with E-state index in [1.54, 1.807) is 25.5 Å². The second-order valence-electron chi connectivity index (χ2n) is 4.72. The van der Waals surface area contributed by atoms with Gasteiger partial charge >= 0.3 is 0 Å². The van der Waals surface area contributed by atoms with Crippen molar-refractivity contribution >= 4 is 52.9 Å². The molecule has 1 unspecified atom stereocenters. The van der Waals surface area contributed by atoms with Gasteiger partial charge in [-0.2, -0.15) is 11.3 Å². The summed E-state index contributed by atoms with van der Waals surface area (Å²) in [5.41, 5.74) is 2.28. The van der Waals surface area contributed by atoms with Crippen LogP contribution in [0.15, 0.2) is 46.1 Å². The zero-order valence-corrected chi connectivity index (χ0v) is 17.0. The van der Waals surface area contributed by atoms with Crippen LogP contribution in [0.4, 0.5) is 0 Å². The molecule has 0 saturated carbocycles. The summed E-state index contributed by atoms with van der Waals surface area (Å²) in [6, 6.07) is 9.79. The van der Waals surface area contributed by atoms with Gasteiger partial charge < -0.3 is 15.4 Å². The van der Waals surface area contributed by atoms with Crippen molar-refractivity contribution in [2.45, 2.75) is 12.6 Å². The number of hydrogen-bond donors (Lipinski definition) is 2. The average molecular weight is 466 g/mol. The Balaban J connectivity index is 0.00000264. The number of hydrogen-bond acceptors (Lipinski definition) is 3. The number of aliphatic imine (C=N–C) groups is 1. The van der Waals surface area contributed by atoms with Crippen molar-refractivity contribution < 1.29 is 4.74 Å². The van der Waals surface area contributed by atoms with Gasteiger partial charge in [0.15, 0.2) is 5.96 Å². The number of rotatable bonds is 6. The minimum Gasteiger partial charge on any atom is -0.375 e. The molecule has 0 spiro atoms. The smallest absolute Gasteiger partial charge is 0.191 e. The summed E-state index contributed by atoms with van der Waals surface area (Å²) in [6.07, 6.45) is -0.0848. The highest BCUT2D eigenvalue weighted by molar-refractivity contribution is 14.0. The van der Waals surface area contributed by atoms with Gasteiger partial charge in [-0.1, -0.05) is 23.7 Å². The maximum Gasteiger partial charge on any atom is 0.191 e. The van der Waals surface area contributed by atoms with E-state index in [2.05, 4.69) is 32.5 Å². The Morgan fingerprint density at radius 2 is 2.17 bits per heavy atom. The van der Waals surface area contributed by atoms with E-state index in [-0.39, 0.29) is 30.1 Å². The largest absolute Gasteiger partial charge is 0.375 e. The van der Waals surface area contributed by atoms with Crippen LogP contribution in [-0.2, 0) is 11.3 Å². The molecule has 0 bridgehead atoms. The second kappa shape index (κ2) is 10.9. The number of methoxy groups -OCH3 is 1. The summed E-state index contributed by atoms with van der Waals surface area (Å²) in [6.45, 7) is 1.36. The van der Waals surface area contributed by atoms with Crippen molar-refractivity contribution in [2.24, 2.45) is 4.99 Å². The number of benzene rings is 1. The first-order chi connectivity index (χ1) is 10.7. The van der Waals surface area contributed by atoms with Crippen LogP contribution < -0.4 is 10.6 Å². The van der Waals surface area contributed by atoms with Gasteiger partial charge in [0.1, 0.15) is 0 Å². The summed E-state index contributed by atoms with van der Waals surface area (Å²) in [5.74, 6) is 0.746. The third-order valence-electron chi connectivity index (χ3n) is 3.22. The molecule has 0 aliphatic heterocycles. The van der Waals surface area contributed by atoms with Crippen molar-refractivity contribution in [3.63, 3.8) is 0 Å². The predicted molar refractivity (Wildman–Crippen MR) is 109 cm³/mol. The molecule has 126 valence electrons. The van der Waals surface area contributed by atoms with E-state index in [4.69, 9.17) is 16.3 Å². The molecule has 1 aromatic heterocycles. The van der Waals surface area contributed by atoms with Crippen molar-refractivity contribution in [2.75, 3.05) is 20.7 Å². The number of halogens is 2. The molecule has 0 radical (unpaired) electrons. The zero-order chi connectivity index (χ0) is 15.8. The van der Waals surface area contributed by atoms with Gasteiger partial charge in [0, 0.05) is 32.3 Å². The van der Waals surface area contributed by atoms with Gasteiger partial charge in [0.2, 0.25) is 0 Å². The van der Waals surface area contributed by atoms with Crippen LogP contribution in [0.5, 0.6) is 0 Å². The molecule has 7 heteroatoms. The minimum atomic E-state index is -0.0848. The molecule has 23 heavy (non-hydrogen) atoms. The van der Waals surface area contributed by atoms with Crippen LogP contribution >= 0.6 is 46.9 Å². The molecule has 0 aliphatic rings. The quantitative estimate of drug-likeness (QED) is 0.384. The number of ether oxygens (including phenoxy) is 1. The van der Waals surface area contributed by atoms with Crippen molar-refractivity contribution in [3.8, 4) is 0 Å². The fraction of sp³-hybridized carbons (Fsp3) is 0.312. The Morgan fingerprint density at radius 1 is 1.35 bits per heavy atom. The monoisotopic (exact) mass is 465 g/mol. The first-order valence-corrected chi connectivity index (χ1v) is 8.29. The number of guanidine groups is 1. The minimum absolute atomic E-state index is 0. The highest BCUT2D eigenvalue weighted by Crippen LogP contribution is 2.19. The topological polar surface area (TPSA) is 45.7 Å². The van der Waals surface area contributed by atoms with Crippen LogP contribution in [0, 0.1) is 0 Å². The molecule has 2 aromatic rings. The first-order valence-electron chi connectivity index (χ1n) is 6.96. The first kappa shape index (κ1) is 20.2. The lowest BCUT2D eigenvalue weighted by atomic mass is 10.1. The Morgan fingerprint density at radius 3 is 2.78 bits per heavy atom. The van der Waals surface area contributed by atoms with Crippen LogP contribution in [0.1, 0.15) is 17.2 Å². The zero-order valence-electron chi connectivity index (χ0n) is 13.1. The van der Waals surface area contributed by atoms with Crippen LogP contribution in [0.2, 0.25) is 5.02 Å². The predicted octanol–water partition coefficient (Wildman–Crippen LogP) is 4.07. The molecule has 2 rings (SSSR count). The fourth-order valence-corrected chi connectivity index (χ4v) is 2.90. The van der Waals surface area contributed by atoms with Gasteiger partial charge in [0.25, 0.3) is 0 Å². The lowest BCUT2D eigenvalue weighted by Crippen LogP contribution is -2.39. The van der Waals surface area contributed by atoms with Gasteiger partial charge in [0.05, 0.1) is 6.10 Å². The molecule has 1 atom stereocenters. The van der Waals surface area contributed by atoms with E-state index in [9.17, 15) is 0 Å². The molecular weight excluding hydrogens is 445 g/mol.